The Kier molecular flexibility index (Phi) is 22.6. The Balaban J connectivity index is -0.000000139. The molecular weight excluding hydrogens is 616 g/mol. The molecule has 7 heteroatoms. The minimum absolute atomic E-state index is 0. The van der Waals surface area contributed by atoms with Crippen LogP contribution in [0.4, 0.5) is 0 Å². The first kappa shape index (κ1) is 28.6. The van der Waals surface area contributed by atoms with Gasteiger partial charge < -0.3 is 27.2 Å². The average Bonchev–Trinajstić information content (AvgIpc) is 2.15. The summed E-state index contributed by atoms with van der Waals surface area (Å²) >= 11 is 0. The maximum Gasteiger partial charge on any atom is 0.323 e. The van der Waals surface area contributed by atoms with Crippen LogP contribution >= 0.6 is 0 Å². The van der Waals surface area contributed by atoms with Crippen LogP contribution in [-0.4, -0.2) is 28.5 Å². The predicted molar refractivity (Wildman–Crippen MR) is 83.7 cm³/mol. The van der Waals surface area contributed by atoms with E-state index in [2.05, 4.69) is 13.8 Å². The van der Waals surface area contributed by atoms with Crippen molar-refractivity contribution in [3.05, 3.63) is 13.8 Å². The molecule has 0 aromatic rings. The van der Waals surface area contributed by atoms with E-state index in [1.165, 1.54) is 0 Å². The first-order valence-corrected chi connectivity index (χ1v) is 12.3. The van der Waals surface area contributed by atoms with Crippen molar-refractivity contribution in [2.75, 3.05) is 6.61 Å². The van der Waals surface area contributed by atoms with Crippen molar-refractivity contribution in [1.82, 2.24) is 0 Å². The van der Waals surface area contributed by atoms with E-state index in [0.29, 0.717) is 0 Å². The molecule has 1 unspecified atom stereocenters. The normalized spacial score (nSPS) is 24.0. The Bertz CT molecular complexity index is 178. The first-order valence-electron chi connectivity index (χ1n) is 6.89. The van der Waals surface area contributed by atoms with E-state index in [-0.39, 0.29) is 32.7 Å². The molecule has 0 bridgehead atoms. The molecule has 1 aliphatic heterocycles. The summed E-state index contributed by atoms with van der Waals surface area (Å²) in [6.07, 6.45) is 4.09. The Morgan fingerprint density at radius 1 is 1.05 bits per heavy atom. The van der Waals surface area contributed by atoms with Crippen LogP contribution in [0.5, 0.6) is 0 Å². The van der Waals surface area contributed by atoms with Crippen LogP contribution in [0.2, 0.25) is 25.7 Å². The largest absolute Gasteiger partial charge is 0.415 e. The van der Waals surface area contributed by atoms with Crippen molar-refractivity contribution in [3.63, 3.8) is 0 Å². The summed E-state index contributed by atoms with van der Waals surface area (Å²) in [6, 6.07) is 0.854. The second-order valence-corrected chi connectivity index (χ2v) is 11.7. The van der Waals surface area contributed by atoms with Gasteiger partial charge in [0, 0.05) is 39.3 Å². The summed E-state index contributed by atoms with van der Waals surface area (Å²) in [6.45, 7) is 17.7. The fourth-order valence-corrected chi connectivity index (χ4v) is 7.91. The minimum Gasteiger partial charge on any atom is -0.415 e. The molecule has 1 N–H and O–H groups in total. The zero-order valence-electron chi connectivity index (χ0n) is 14.2. The van der Waals surface area contributed by atoms with Gasteiger partial charge in [-0.05, 0) is 38.5 Å². The van der Waals surface area contributed by atoms with Gasteiger partial charge in [0.15, 0.2) is 0 Å². The van der Waals surface area contributed by atoms with Gasteiger partial charge in [0.05, 0.1) is 0 Å². The molecule has 1 radical (unpaired) electrons. The van der Waals surface area contributed by atoms with Crippen molar-refractivity contribution < 1.29 is 46.0 Å². The van der Waals surface area contributed by atoms with Gasteiger partial charge in [0.1, 0.15) is 0 Å². The molecule has 1 atom stereocenters. The third kappa shape index (κ3) is 20.7. The van der Waals surface area contributed by atoms with Crippen LogP contribution in [0, 0.1) is 13.8 Å². The molecule has 0 aromatic heterocycles. The van der Waals surface area contributed by atoms with Crippen molar-refractivity contribution in [2.24, 2.45) is 0 Å². The monoisotopic (exact) mass is 648 g/mol. The molecule has 0 saturated carbocycles. The van der Waals surface area contributed by atoms with Gasteiger partial charge in [-0.1, -0.05) is 13.8 Å². The molecule has 1 heterocycles. The molecule has 1 fully saturated rings. The van der Waals surface area contributed by atoms with E-state index >= 15 is 0 Å². The minimum atomic E-state index is -2.37. The Hall–Kier alpha value is 0.418. The van der Waals surface area contributed by atoms with Gasteiger partial charge in [0.2, 0.25) is 0 Å². The molecule has 0 aromatic carbocycles. The smallest absolute Gasteiger partial charge is 0.323 e. The zero-order valence-corrected chi connectivity index (χ0v) is 25.4. The van der Waals surface area contributed by atoms with Crippen molar-refractivity contribution >= 4 is 17.1 Å². The molecule has 1 aliphatic rings. The molecule has 0 spiro atoms. The van der Waals surface area contributed by atoms with Crippen LogP contribution in [0.1, 0.15) is 39.5 Å². The summed E-state index contributed by atoms with van der Waals surface area (Å²) in [7, 11) is -4.37. The molecule has 1 saturated heterocycles. The second-order valence-electron chi connectivity index (χ2n) is 4.98. The van der Waals surface area contributed by atoms with E-state index in [0.717, 1.165) is 38.3 Å². The molecular formula is C13H32O3RfSi2Y-2. The van der Waals surface area contributed by atoms with Crippen LogP contribution in [0.3, 0.4) is 0 Å². The quantitative estimate of drug-likeness (QED) is 0.319. The summed E-state index contributed by atoms with van der Waals surface area (Å²) in [5.41, 5.74) is 0. The standard InChI is InChI=1S/C7H18O3Si2.2C3H7.Rf.Y/c1-11(2)9-6-4-5-7-12(3,8)10-11;2*1-3-2;;/h8H,4-7H2,1-3H3;2*1,3H2,2H3;;/q;2*-1;;. The van der Waals surface area contributed by atoms with Gasteiger partial charge >= 0.3 is 17.1 Å². The fraction of sp³-hybridized carbons (Fsp3) is 0.846. The van der Waals surface area contributed by atoms with Crippen LogP contribution in [-0.2, 0) is 41.3 Å². The number of hydrogen-bond acceptors (Lipinski definition) is 3. The van der Waals surface area contributed by atoms with Crippen molar-refractivity contribution in [2.45, 2.75) is 65.2 Å². The van der Waals surface area contributed by atoms with Gasteiger partial charge in [-0.25, -0.2) is 0 Å². The summed E-state index contributed by atoms with van der Waals surface area (Å²) in [5.74, 6) is 0. The van der Waals surface area contributed by atoms with E-state index in [1.54, 1.807) is 0 Å². The van der Waals surface area contributed by atoms with Crippen LogP contribution < -0.4 is 0 Å². The maximum atomic E-state index is 9.89. The summed E-state index contributed by atoms with van der Waals surface area (Å²) < 4.78 is 11.3. The number of hydrogen-bond donors (Lipinski definition) is 1. The van der Waals surface area contributed by atoms with E-state index in [4.69, 9.17) is 8.54 Å². The fourth-order valence-electron chi connectivity index (χ4n) is 1.48. The third-order valence-corrected chi connectivity index (χ3v) is 7.86. The molecule has 0 amide bonds. The SMILES string of the molecule is C[Si]1(O)CCCCO[Si](C)(C)O1.[CH2-]CC.[CH2-]CC.[Rf].[Y]. The first-order chi connectivity index (χ1) is 8.24. The van der Waals surface area contributed by atoms with Gasteiger partial charge in [-0.2, -0.15) is 12.8 Å². The maximum absolute atomic E-state index is 9.89. The van der Waals surface area contributed by atoms with E-state index in [1.807, 2.05) is 33.5 Å². The van der Waals surface area contributed by atoms with Gasteiger partial charge in [-0.15, -0.1) is 0 Å². The topological polar surface area (TPSA) is 38.7 Å². The molecule has 3 nitrogen and oxygen atoms in total. The molecule has 20 heavy (non-hydrogen) atoms. The van der Waals surface area contributed by atoms with Crippen molar-refractivity contribution in [1.29, 1.82) is 0 Å². The summed E-state index contributed by atoms with van der Waals surface area (Å²) in [5, 5.41) is 0. The van der Waals surface area contributed by atoms with Gasteiger partial charge in [-0.3, -0.25) is 0 Å². The third-order valence-electron chi connectivity index (χ3n) is 1.95. The Morgan fingerprint density at radius 2 is 1.45 bits per heavy atom. The van der Waals surface area contributed by atoms with Gasteiger partial charge in [0.25, 0.3) is 0 Å². The van der Waals surface area contributed by atoms with E-state index < -0.39 is 17.1 Å². The molecule has 0 aliphatic carbocycles. The number of rotatable bonds is 0. The summed E-state index contributed by atoms with van der Waals surface area (Å²) in [4.78, 5) is 9.89. The molecule has 1 rings (SSSR count). The predicted octanol–water partition coefficient (Wildman–Crippen LogP) is 4.04. The van der Waals surface area contributed by atoms with Crippen LogP contribution in [0.25, 0.3) is 0 Å². The Morgan fingerprint density at radius 3 is 1.85 bits per heavy atom. The van der Waals surface area contributed by atoms with E-state index in [9.17, 15) is 4.80 Å². The van der Waals surface area contributed by atoms with Crippen LogP contribution in [0.15, 0.2) is 0 Å². The Labute approximate surface area is 148 Å². The molecule has 117 valence electrons. The average molecular weight is 648 g/mol. The zero-order chi connectivity index (χ0) is 14.7. The second kappa shape index (κ2) is 15.8. The van der Waals surface area contributed by atoms with Crippen molar-refractivity contribution in [3.8, 4) is 0 Å².